The third-order valence-corrected chi connectivity index (χ3v) is 5.55. The molecule has 1 fully saturated rings. The van der Waals surface area contributed by atoms with Crippen molar-refractivity contribution < 1.29 is 13.9 Å². The number of ether oxygens (including phenoxy) is 1. The van der Waals surface area contributed by atoms with Gasteiger partial charge >= 0.3 is 6.09 Å². The number of carbonyl (C=O) groups excluding carboxylic acids is 1. The van der Waals surface area contributed by atoms with Crippen molar-refractivity contribution in [2.24, 2.45) is 0 Å². The van der Waals surface area contributed by atoms with Crippen molar-refractivity contribution in [3.05, 3.63) is 78.1 Å². The van der Waals surface area contributed by atoms with Crippen molar-refractivity contribution in [2.75, 3.05) is 0 Å². The van der Waals surface area contributed by atoms with Crippen molar-refractivity contribution in [1.82, 2.24) is 4.90 Å². The summed E-state index contributed by atoms with van der Waals surface area (Å²) in [6.45, 7) is 0.315. The number of furan rings is 1. The molecule has 1 amide bonds. The second-order valence-electron chi connectivity index (χ2n) is 7.29. The van der Waals surface area contributed by atoms with E-state index in [0.717, 1.165) is 41.6 Å². The summed E-state index contributed by atoms with van der Waals surface area (Å²) in [5, 5.41) is 1.12. The molecule has 3 heterocycles. The molecule has 1 aromatic heterocycles. The van der Waals surface area contributed by atoms with E-state index < -0.39 is 0 Å². The largest absolute Gasteiger partial charge is 0.456 e. The number of rotatable bonds is 3. The zero-order valence-corrected chi connectivity index (χ0v) is 15.0. The van der Waals surface area contributed by atoms with Gasteiger partial charge in [0.15, 0.2) is 0 Å². The molecule has 5 rings (SSSR count). The third kappa shape index (κ3) is 3.01. The van der Waals surface area contributed by atoms with E-state index in [-0.39, 0.29) is 18.2 Å². The number of benzene rings is 2. The highest BCUT2D eigenvalue weighted by molar-refractivity contribution is 5.83. The van der Waals surface area contributed by atoms with Gasteiger partial charge in [0.25, 0.3) is 0 Å². The molecular weight excluding hydrogens is 338 g/mol. The second kappa shape index (κ2) is 6.62. The van der Waals surface area contributed by atoms with E-state index in [1.807, 2.05) is 53.4 Å². The lowest BCUT2D eigenvalue weighted by atomic mass is 9.99. The van der Waals surface area contributed by atoms with Gasteiger partial charge in [0.05, 0.1) is 6.04 Å². The van der Waals surface area contributed by atoms with Gasteiger partial charge in [-0.25, -0.2) is 4.79 Å². The molecule has 0 N–H and O–H groups in total. The maximum atomic E-state index is 12.7. The van der Waals surface area contributed by atoms with Crippen LogP contribution >= 0.6 is 0 Å². The molecule has 2 atom stereocenters. The van der Waals surface area contributed by atoms with Crippen molar-refractivity contribution in [1.29, 1.82) is 0 Å². The fourth-order valence-corrected chi connectivity index (χ4v) is 4.23. The number of carbonyl (C=O) groups is 1. The first-order chi connectivity index (χ1) is 13.3. The molecule has 136 valence electrons. The van der Waals surface area contributed by atoms with E-state index in [0.29, 0.717) is 6.61 Å². The minimum absolute atomic E-state index is 0.0928. The van der Waals surface area contributed by atoms with Crippen LogP contribution < -0.4 is 0 Å². The third-order valence-electron chi connectivity index (χ3n) is 5.55. The lowest BCUT2D eigenvalue weighted by molar-refractivity contribution is 0.0831. The van der Waals surface area contributed by atoms with E-state index >= 15 is 0 Å². The lowest BCUT2D eigenvalue weighted by Crippen LogP contribution is -2.43. The number of amides is 1. The molecule has 2 aromatic carbocycles. The SMILES string of the molecule is O=C(OCc1ccccc1)N1C2C=C(c3cc4ccccc4o3)CC1CC2. The molecule has 0 radical (unpaired) electrons. The molecule has 0 aliphatic carbocycles. The van der Waals surface area contributed by atoms with E-state index in [4.69, 9.17) is 9.15 Å². The first kappa shape index (κ1) is 16.2. The summed E-state index contributed by atoms with van der Waals surface area (Å²) in [6.07, 6.45) is 4.77. The zero-order chi connectivity index (χ0) is 18.2. The molecule has 0 saturated carbocycles. The number of nitrogens with zero attached hydrogens (tertiary/aromatic N) is 1. The Kier molecular flexibility index (Phi) is 3.97. The van der Waals surface area contributed by atoms with Crippen molar-refractivity contribution >= 4 is 22.6 Å². The average Bonchev–Trinajstić information content (AvgIpc) is 3.25. The van der Waals surface area contributed by atoms with Gasteiger partial charge in [0.1, 0.15) is 18.0 Å². The average molecular weight is 359 g/mol. The Hall–Kier alpha value is -3.01. The Labute approximate surface area is 158 Å². The summed E-state index contributed by atoms with van der Waals surface area (Å²) < 4.78 is 11.6. The summed E-state index contributed by atoms with van der Waals surface area (Å²) in [4.78, 5) is 14.6. The Bertz CT molecular complexity index is 972. The van der Waals surface area contributed by atoms with E-state index in [1.54, 1.807) is 0 Å². The van der Waals surface area contributed by atoms with Crippen LogP contribution in [0.1, 0.15) is 30.6 Å². The highest BCUT2D eigenvalue weighted by Crippen LogP contribution is 2.40. The van der Waals surface area contributed by atoms with Crippen LogP contribution in [0, 0.1) is 0 Å². The van der Waals surface area contributed by atoms with Gasteiger partial charge in [-0.3, -0.25) is 4.90 Å². The van der Waals surface area contributed by atoms with Crippen LogP contribution in [0.5, 0.6) is 0 Å². The Morgan fingerprint density at radius 1 is 1.07 bits per heavy atom. The predicted octanol–water partition coefficient (Wildman–Crippen LogP) is 5.39. The van der Waals surface area contributed by atoms with Crippen LogP contribution in [0.25, 0.3) is 16.5 Å². The van der Waals surface area contributed by atoms with Gasteiger partial charge in [-0.15, -0.1) is 0 Å². The standard InChI is InChI=1S/C23H21NO3/c25-23(26-15-16-6-2-1-3-7-16)24-19-10-11-20(24)13-18(12-19)22-14-17-8-4-5-9-21(17)27-22/h1-9,12,14,19-20H,10-11,13,15H2. The molecule has 2 aliphatic rings. The maximum Gasteiger partial charge on any atom is 0.410 e. The number of para-hydroxylation sites is 1. The molecule has 2 unspecified atom stereocenters. The molecule has 4 nitrogen and oxygen atoms in total. The summed E-state index contributed by atoms with van der Waals surface area (Å²) in [6, 6.07) is 20.2. The summed E-state index contributed by atoms with van der Waals surface area (Å²) in [7, 11) is 0. The van der Waals surface area contributed by atoms with Crippen molar-refractivity contribution in [3.63, 3.8) is 0 Å². The monoisotopic (exact) mass is 359 g/mol. The topological polar surface area (TPSA) is 42.7 Å². The Morgan fingerprint density at radius 2 is 1.89 bits per heavy atom. The molecule has 3 aromatic rings. The number of hydrogen-bond acceptors (Lipinski definition) is 3. The van der Waals surface area contributed by atoms with E-state index in [1.165, 1.54) is 5.57 Å². The molecule has 2 bridgehead atoms. The van der Waals surface area contributed by atoms with Crippen molar-refractivity contribution in [2.45, 2.75) is 38.0 Å². The van der Waals surface area contributed by atoms with Gasteiger partial charge in [-0.1, -0.05) is 54.6 Å². The Morgan fingerprint density at radius 3 is 2.70 bits per heavy atom. The van der Waals surface area contributed by atoms with Gasteiger partial charge in [-0.2, -0.15) is 0 Å². The fraction of sp³-hybridized carbons (Fsp3) is 0.261. The van der Waals surface area contributed by atoms with Gasteiger partial charge in [0, 0.05) is 11.4 Å². The molecule has 4 heteroatoms. The first-order valence-electron chi connectivity index (χ1n) is 9.46. The highest BCUT2D eigenvalue weighted by atomic mass is 16.6. The van der Waals surface area contributed by atoms with Crippen LogP contribution in [0.15, 0.2) is 71.2 Å². The molecule has 1 saturated heterocycles. The molecule has 2 aliphatic heterocycles. The number of hydrogen-bond donors (Lipinski definition) is 0. The quantitative estimate of drug-likeness (QED) is 0.630. The number of fused-ring (bicyclic) bond motifs is 3. The maximum absolute atomic E-state index is 12.7. The molecular formula is C23H21NO3. The van der Waals surface area contributed by atoms with Gasteiger partial charge < -0.3 is 9.15 Å². The van der Waals surface area contributed by atoms with E-state index in [9.17, 15) is 4.79 Å². The lowest BCUT2D eigenvalue weighted by Gasteiger charge is -2.32. The smallest absolute Gasteiger partial charge is 0.410 e. The van der Waals surface area contributed by atoms with E-state index in [2.05, 4.69) is 18.2 Å². The van der Waals surface area contributed by atoms with Gasteiger partial charge in [0.2, 0.25) is 0 Å². The minimum Gasteiger partial charge on any atom is -0.456 e. The van der Waals surface area contributed by atoms with Crippen LogP contribution in [0.3, 0.4) is 0 Å². The second-order valence-corrected chi connectivity index (χ2v) is 7.29. The van der Waals surface area contributed by atoms with Crippen LogP contribution in [0.2, 0.25) is 0 Å². The summed E-state index contributed by atoms with van der Waals surface area (Å²) in [5.74, 6) is 0.922. The summed E-state index contributed by atoms with van der Waals surface area (Å²) >= 11 is 0. The van der Waals surface area contributed by atoms with Crippen LogP contribution in [0.4, 0.5) is 4.79 Å². The highest BCUT2D eigenvalue weighted by Gasteiger charge is 2.41. The normalized spacial score (nSPS) is 21.3. The first-order valence-corrected chi connectivity index (χ1v) is 9.46. The van der Waals surface area contributed by atoms with Crippen LogP contribution in [-0.2, 0) is 11.3 Å². The van der Waals surface area contributed by atoms with Gasteiger partial charge in [-0.05, 0) is 42.5 Å². The minimum atomic E-state index is -0.216. The van der Waals surface area contributed by atoms with Crippen LogP contribution in [-0.4, -0.2) is 23.1 Å². The molecule has 0 spiro atoms. The predicted molar refractivity (Wildman–Crippen MR) is 104 cm³/mol. The van der Waals surface area contributed by atoms with Crippen molar-refractivity contribution in [3.8, 4) is 0 Å². The fourth-order valence-electron chi connectivity index (χ4n) is 4.23. The molecule has 27 heavy (non-hydrogen) atoms. The Balaban J connectivity index is 1.33. The summed E-state index contributed by atoms with van der Waals surface area (Å²) in [5.41, 5.74) is 3.12. The zero-order valence-electron chi connectivity index (χ0n) is 15.0.